The number of hydrogen-bond acceptors (Lipinski definition) is 3. The Morgan fingerprint density at radius 3 is 2.59 bits per heavy atom. The van der Waals surface area contributed by atoms with Gasteiger partial charge in [0, 0.05) is 16.5 Å². The number of nitrogens with one attached hydrogen (secondary N) is 1. The van der Waals surface area contributed by atoms with Gasteiger partial charge in [-0.3, -0.25) is 4.79 Å². The minimum Gasteiger partial charge on any atom is -0.484 e. The lowest BCUT2D eigenvalue weighted by Crippen LogP contribution is -2.49. The summed E-state index contributed by atoms with van der Waals surface area (Å²) in [5.74, 6) is 0.232. The number of carbonyl (C=O) groups is 1. The van der Waals surface area contributed by atoms with E-state index in [1.54, 1.807) is 0 Å². The van der Waals surface area contributed by atoms with Crippen LogP contribution in [0.5, 0.6) is 5.75 Å². The van der Waals surface area contributed by atoms with Gasteiger partial charge in [-0.2, -0.15) is 0 Å². The van der Waals surface area contributed by atoms with E-state index in [0.29, 0.717) is 5.75 Å². The Kier molecular flexibility index (Phi) is 5.99. The average Bonchev–Trinajstić information content (AvgIpc) is 2.60. The highest BCUT2D eigenvalue weighted by atomic mass is 35.5. The SMILES string of the molecule is Cl.NC(=O)COc1ccc2c(c1)C(C1(c3ccc(Cl)cc3)CCC1)NCC2. The first-order valence-electron chi connectivity index (χ1n) is 9.12. The molecular formula is C21H24Cl2N2O2. The molecule has 0 aromatic heterocycles. The molecule has 1 unspecified atom stereocenters. The van der Waals surface area contributed by atoms with Crippen LogP contribution in [-0.2, 0) is 16.6 Å². The Morgan fingerprint density at radius 1 is 1.22 bits per heavy atom. The molecular weight excluding hydrogens is 383 g/mol. The summed E-state index contributed by atoms with van der Waals surface area (Å²) in [6, 6.07) is 14.6. The third-order valence-electron chi connectivity index (χ3n) is 5.77. The summed E-state index contributed by atoms with van der Waals surface area (Å²) in [5, 5.41) is 4.51. The number of fused-ring (bicyclic) bond motifs is 1. The first-order chi connectivity index (χ1) is 12.6. The second kappa shape index (κ2) is 8.09. The summed E-state index contributed by atoms with van der Waals surface area (Å²) < 4.78 is 5.55. The molecule has 4 nitrogen and oxygen atoms in total. The van der Waals surface area contributed by atoms with Crippen molar-refractivity contribution in [3.8, 4) is 5.75 Å². The fourth-order valence-corrected chi connectivity index (χ4v) is 4.48. The van der Waals surface area contributed by atoms with E-state index in [0.717, 1.165) is 30.8 Å². The van der Waals surface area contributed by atoms with Crippen molar-refractivity contribution < 1.29 is 9.53 Å². The molecule has 6 heteroatoms. The van der Waals surface area contributed by atoms with Gasteiger partial charge in [-0.15, -0.1) is 12.4 Å². The van der Waals surface area contributed by atoms with Crippen LogP contribution in [0.4, 0.5) is 0 Å². The molecule has 3 N–H and O–H groups in total. The fourth-order valence-electron chi connectivity index (χ4n) is 4.35. The summed E-state index contributed by atoms with van der Waals surface area (Å²) in [6.07, 6.45) is 4.53. The molecule has 1 atom stereocenters. The van der Waals surface area contributed by atoms with E-state index in [1.165, 1.54) is 23.1 Å². The van der Waals surface area contributed by atoms with Gasteiger partial charge in [0.05, 0.1) is 0 Å². The molecule has 144 valence electrons. The summed E-state index contributed by atoms with van der Waals surface area (Å²) in [6.45, 7) is 0.869. The van der Waals surface area contributed by atoms with Crippen LogP contribution in [0.1, 0.15) is 42.0 Å². The Bertz CT molecular complexity index is 819. The molecule has 0 bridgehead atoms. The van der Waals surface area contributed by atoms with E-state index >= 15 is 0 Å². The number of ether oxygens (including phenoxy) is 1. The van der Waals surface area contributed by atoms with E-state index in [-0.39, 0.29) is 30.5 Å². The summed E-state index contributed by atoms with van der Waals surface area (Å²) >= 11 is 6.10. The van der Waals surface area contributed by atoms with Gasteiger partial charge in [-0.05, 0) is 66.8 Å². The van der Waals surface area contributed by atoms with Crippen LogP contribution in [0, 0.1) is 0 Å². The first-order valence-corrected chi connectivity index (χ1v) is 9.50. The Morgan fingerprint density at radius 2 is 1.96 bits per heavy atom. The number of halogens is 2. The van der Waals surface area contributed by atoms with Crippen LogP contribution in [0.3, 0.4) is 0 Å². The van der Waals surface area contributed by atoms with Gasteiger partial charge in [-0.25, -0.2) is 0 Å². The van der Waals surface area contributed by atoms with Gasteiger partial charge in [-0.1, -0.05) is 36.2 Å². The second-order valence-electron chi connectivity index (χ2n) is 7.27. The molecule has 0 radical (unpaired) electrons. The summed E-state index contributed by atoms with van der Waals surface area (Å²) in [4.78, 5) is 11.0. The zero-order valence-electron chi connectivity index (χ0n) is 15.0. The van der Waals surface area contributed by atoms with Crippen LogP contribution < -0.4 is 15.8 Å². The molecule has 27 heavy (non-hydrogen) atoms. The lowest BCUT2D eigenvalue weighted by Gasteiger charge is -2.50. The van der Waals surface area contributed by atoms with Crippen LogP contribution in [-0.4, -0.2) is 19.1 Å². The normalized spacial score (nSPS) is 20.0. The zero-order valence-corrected chi connectivity index (χ0v) is 16.6. The van der Waals surface area contributed by atoms with Crippen molar-refractivity contribution in [1.29, 1.82) is 0 Å². The number of amides is 1. The van der Waals surface area contributed by atoms with E-state index < -0.39 is 5.91 Å². The Labute approximate surface area is 170 Å². The number of hydrogen-bond donors (Lipinski definition) is 2. The lowest BCUT2D eigenvalue weighted by atomic mass is 9.58. The molecule has 2 aromatic rings. The third kappa shape index (κ3) is 3.79. The smallest absolute Gasteiger partial charge is 0.255 e. The number of nitrogens with two attached hydrogens (primary N) is 1. The van der Waals surface area contributed by atoms with E-state index in [1.807, 2.05) is 18.2 Å². The van der Waals surface area contributed by atoms with Crippen LogP contribution in [0.15, 0.2) is 42.5 Å². The topological polar surface area (TPSA) is 64.4 Å². The van der Waals surface area contributed by atoms with Crippen molar-refractivity contribution in [1.82, 2.24) is 5.32 Å². The molecule has 2 aromatic carbocycles. The maximum absolute atomic E-state index is 11.0. The minimum atomic E-state index is -0.464. The quantitative estimate of drug-likeness (QED) is 0.790. The van der Waals surface area contributed by atoms with Crippen molar-refractivity contribution in [2.24, 2.45) is 5.73 Å². The van der Waals surface area contributed by atoms with E-state index in [9.17, 15) is 4.79 Å². The Balaban J connectivity index is 0.00000210. The van der Waals surface area contributed by atoms with Crippen molar-refractivity contribution in [2.75, 3.05) is 13.2 Å². The standard InChI is InChI=1S/C21H23ClN2O2.ClH/c22-16-5-3-15(4-6-16)21(9-1-10-21)20-18-12-17(26-13-19(23)25)7-2-14(18)8-11-24-20;/h2-7,12,20,24H,1,8-11,13H2,(H2,23,25);1H. The van der Waals surface area contributed by atoms with Gasteiger partial charge >= 0.3 is 0 Å². The van der Waals surface area contributed by atoms with E-state index in [2.05, 4.69) is 29.6 Å². The van der Waals surface area contributed by atoms with Crippen LogP contribution in [0.25, 0.3) is 0 Å². The molecule has 1 saturated carbocycles. The molecule has 1 aliphatic carbocycles. The highest BCUT2D eigenvalue weighted by molar-refractivity contribution is 6.30. The van der Waals surface area contributed by atoms with Gasteiger partial charge in [0.25, 0.3) is 5.91 Å². The van der Waals surface area contributed by atoms with Crippen molar-refractivity contribution >= 4 is 29.9 Å². The molecule has 1 heterocycles. The highest BCUT2D eigenvalue weighted by Crippen LogP contribution is 2.53. The Hall–Kier alpha value is -1.75. The van der Waals surface area contributed by atoms with Crippen molar-refractivity contribution in [2.45, 2.75) is 37.1 Å². The van der Waals surface area contributed by atoms with Crippen LogP contribution >= 0.6 is 24.0 Å². The molecule has 1 aliphatic heterocycles. The average molecular weight is 407 g/mol. The predicted octanol–water partition coefficient (Wildman–Crippen LogP) is 3.93. The van der Waals surface area contributed by atoms with Gasteiger partial charge < -0.3 is 15.8 Å². The zero-order chi connectivity index (χ0) is 18.1. The van der Waals surface area contributed by atoms with Crippen LogP contribution in [0.2, 0.25) is 5.02 Å². The highest BCUT2D eigenvalue weighted by Gasteiger charge is 2.47. The first kappa shape index (κ1) is 20.0. The molecule has 0 spiro atoms. The second-order valence-corrected chi connectivity index (χ2v) is 7.71. The van der Waals surface area contributed by atoms with Crippen molar-refractivity contribution in [3.05, 3.63) is 64.2 Å². The summed E-state index contributed by atoms with van der Waals surface area (Å²) in [7, 11) is 0. The van der Waals surface area contributed by atoms with Gasteiger partial charge in [0.15, 0.2) is 6.61 Å². The maximum Gasteiger partial charge on any atom is 0.255 e. The van der Waals surface area contributed by atoms with Gasteiger partial charge in [0.1, 0.15) is 5.75 Å². The molecule has 1 fully saturated rings. The minimum absolute atomic E-state index is 0. The van der Waals surface area contributed by atoms with E-state index in [4.69, 9.17) is 22.1 Å². The molecule has 4 rings (SSSR count). The maximum atomic E-state index is 11.0. The molecule has 2 aliphatic rings. The lowest BCUT2D eigenvalue weighted by molar-refractivity contribution is -0.119. The summed E-state index contributed by atoms with van der Waals surface area (Å²) in [5.41, 5.74) is 9.25. The number of primary amides is 1. The van der Waals surface area contributed by atoms with Gasteiger partial charge in [0.2, 0.25) is 0 Å². The largest absolute Gasteiger partial charge is 0.484 e. The monoisotopic (exact) mass is 406 g/mol. The third-order valence-corrected chi connectivity index (χ3v) is 6.02. The van der Waals surface area contributed by atoms with Crippen molar-refractivity contribution in [3.63, 3.8) is 0 Å². The molecule has 0 saturated heterocycles. The fraction of sp³-hybridized carbons (Fsp3) is 0.381. The molecule has 1 amide bonds. The number of carbonyl (C=O) groups excluding carboxylic acids is 1. The predicted molar refractivity (Wildman–Crippen MR) is 110 cm³/mol. The number of rotatable bonds is 5. The number of benzene rings is 2.